The summed E-state index contributed by atoms with van der Waals surface area (Å²) >= 11 is 1.60. The van der Waals surface area contributed by atoms with Crippen molar-refractivity contribution in [2.75, 3.05) is 13.1 Å². The van der Waals surface area contributed by atoms with Gasteiger partial charge in [-0.3, -0.25) is 4.90 Å². The fourth-order valence-electron chi connectivity index (χ4n) is 3.40. The predicted molar refractivity (Wildman–Crippen MR) is 108 cm³/mol. The van der Waals surface area contributed by atoms with Crippen LogP contribution in [0.3, 0.4) is 0 Å². The van der Waals surface area contributed by atoms with E-state index >= 15 is 0 Å². The number of hydrogen-bond donors (Lipinski definition) is 0. The molecule has 7 nitrogen and oxygen atoms in total. The van der Waals surface area contributed by atoms with Crippen molar-refractivity contribution >= 4 is 11.8 Å². The zero-order chi connectivity index (χ0) is 19.2. The Morgan fingerprint density at radius 1 is 0.929 bits per heavy atom. The second kappa shape index (κ2) is 9.34. The molecule has 0 unspecified atom stereocenters. The summed E-state index contributed by atoms with van der Waals surface area (Å²) in [5.74, 6) is 2.93. The number of nitrogens with zero attached hydrogens (tertiary/aromatic N) is 6. The Kier molecular flexibility index (Phi) is 6.38. The molecular weight excluding hydrogens is 372 g/mol. The van der Waals surface area contributed by atoms with E-state index < -0.39 is 0 Å². The zero-order valence-corrected chi connectivity index (χ0v) is 17.1. The fraction of sp³-hybridized carbons (Fsp3) is 0.500. The minimum atomic E-state index is 0.601. The van der Waals surface area contributed by atoms with E-state index in [4.69, 9.17) is 4.42 Å². The Balaban J connectivity index is 1.52. The Hall–Kier alpha value is -2.19. The third-order valence-corrected chi connectivity index (χ3v) is 5.88. The van der Waals surface area contributed by atoms with Gasteiger partial charge in [-0.15, -0.1) is 20.4 Å². The molecule has 0 N–H and O–H groups in total. The van der Waals surface area contributed by atoms with Crippen LogP contribution in [0.15, 0.2) is 39.9 Å². The van der Waals surface area contributed by atoms with Gasteiger partial charge in [0.25, 0.3) is 0 Å². The number of aromatic nitrogens is 5. The molecule has 0 saturated carbocycles. The van der Waals surface area contributed by atoms with Crippen LogP contribution >= 0.6 is 11.8 Å². The Bertz CT molecular complexity index is 872. The molecule has 1 aromatic carbocycles. The quantitative estimate of drug-likeness (QED) is 0.537. The molecule has 148 valence electrons. The Morgan fingerprint density at radius 3 is 2.46 bits per heavy atom. The van der Waals surface area contributed by atoms with Gasteiger partial charge in [-0.25, -0.2) is 0 Å². The van der Waals surface area contributed by atoms with Gasteiger partial charge in [-0.2, -0.15) is 0 Å². The van der Waals surface area contributed by atoms with E-state index in [0.29, 0.717) is 17.5 Å². The largest absolute Gasteiger partial charge is 0.424 e. The van der Waals surface area contributed by atoms with Crippen LogP contribution in [-0.4, -0.2) is 43.0 Å². The first kappa shape index (κ1) is 19.1. The van der Waals surface area contributed by atoms with Crippen LogP contribution in [0.4, 0.5) is 0 Å². The van der Waals surface area contributed by atoms with Gasteiger partial charge in [-0.1, -0.05) is 55.4 Å². The minimum absolute atomic E-state index is 0.601. The van der Waals surface area contributed by atoms with E-state index in [9.17, 15) is 0 Å². The molecule has 0 radical (unpaired) electrons. The molecule has 2 aromatic heterocycles. The highest BCUT2D eigenvalue weighted by molar-refractivity contribution is 7.98. The maximum Gasteiger partial charge on any atom is 0.226 e. The van der Waals surface area contributed by atoms with Crippen molar-refractivity contribution in [3.05, 3.63) is 53.5 Å². The van der Waals surface area contributed by atoms with Gasteiger partial charge >= 0.3 is 0 Å². The summed E-state index contributed by atoms with van der Waals surface area (Å²) in [4.78, 5) is 2.48. The van der Waals surface area contributed by atoms with E-state index in [1.807, 2.05) is 13.0 Å². The van der Waals surface area contributed by atoms with Gasteiger partial charge in [0.15, 0.2) is 5.16 Å². The fourth-order valence-corrected chi connectivity index (χ4v) is 4.19. The number of rotatable bonds is 8. The summed E-state index contributed by atoms with van der Waals surface area (Å²) in [6.45, 7) is 5.91. The van der Waals surface area contributed by atoms with Gasteiger partial charge in [0.05, 0.1) is 18.8 Å². The zero-order valence-electron chi connectivity index (χ0n) is 16.3. The van der Waals surface area contributed by atoms with Crippen molar-refractivity contribution in [2.45, 2.75) is 56.6 Å². The van der Waals surface area contributed by atoms with Crippen LogP contribution < -0.4 is 0 Å². The first-order valence-electron chi connectivity index (χ1n) is 9.94. The average molecular weight is 399 g/mol. The molecule has 1 aliphatic heterocycles. The standard InChI is InChI=1S/C20H26N6OS/c1-2-18-22-23-19(27-18)15-28-20-24-21-17(14-25-11-7-4-8-12-25)26(20)13-16-9-5-3-6-10-16/h3,5-6,9-10H,2,4,7-8,11-15H2,1H3. The first-order chi connectivity index (χ1) is 13.8. The van der Waals surface area contributed by atoms with Crippen molar-refractivity contribution in [1.82, 2.24) is 29.9 Å². The van der Waals surface area contributed by atoms with Crippen LogP contribution in [-0.2, 0) is 25.3 Å². The van der Waals surface area contributed by atoms with Crippen LogP contribution in [0.5, 0.6) is 0 Å². The molecule has 0 amide bonds. The summed E-state index contributed by atoms with van der Waals surface area (Å²) < 4.78 is 7.86. The van der Waals surface area contributed by atoms with Crippen molar-refractivity contribution in [1.29, 1.82) is 0 Å². The average Bonchev–Trinajstić information content (AvgIpc) is 3.35. The lowest BCUT2D eigenvalue weighted by Crippen LogP contribution is -2.30. The van der Waals surface area contributed by atoms with Crippen molar-refractivity contribution in [3.63, 3.8) is 0 Å². The molecule has 0 aliphatic carbocycles. The van der Waals surface area contributed by atoms with E-state index in [1.165, 1.54) is 24.8 Å². The second-order valence-electron chi connectivity index (χ2n) is 7.04. The Morgan fingerprint density at radius 2 is 1.71 bits per heavy atom. The minimum Gasteiger partial charge on any atom is -0.424 e. The number of piperidine rings is 1. The lowest BCUT2D eigenvalue weighted by Gasteiger charge is -2.26. The number of thioether (sulfide) groups is 1. The van der Waals surface area contributed by atoms with Gasteiger partial charge in [-0.05, 0) is 31.5 Å². The van der Waals surface area contributed by atoms with Crippen molar-refractivity contribution < 1.29 is 4.42 Å². The van der Waals surface area contributed by atoms with Crippen LogP contribution in [0.25, 0.3) is 0 Å². The normalized spacial score (nSPS) is 15.2. The van der Waals surface area contributed by atoms with Crippen LogP contribution in [0.1, 0.15) is 49.4 Å². The van der Waals surface area contributed by atoms with Crippen molar-refractivity contribution in [2.24, 2.45) is 0 Å². The summed E-state index contributed by atoms with van der Waals surface area (Å²) in [6.07, 6.45) is 4.62. The number of likely N-dealkylation sites (tertiary alicyclic amines) is 1. The van der Waals surface area contributed by atoms with E-state index in [2.05, 4.69) is 54.1 Å². The van der Waals surface area contributed by atoms with Crippen molar-refractivity contribution in [3.8, 4) is 0 Å². The highest BCUT2D eigenvalue weighted by Crippen LogP contribution is 2.24. The SMILES string of the molecule is CCc1nnc(CSc2nnc(CN3CCCCC3)n2Cc2ccccc2)o1. The third-order valence-electron chi connectivity index (χ3n) is 4.93. The molecule has 28 heavy (non-hydrogen) atoms. The summed E-state index contributed by atoms with van der Waals surface area (Å²) in [5, 5.41) is 18.1. The highest BCUT2D eigenvalue weighted by atomic mass is 32.2. The monoisotopic (exact) mass is 398 g/mol. The van der Waals surface area contributed by atoms with Gasteiger partial charge in [0.2, 0.25) is 11.8 Å². The molecule has 8 heteroatoms. The Labute approximate surface area is 169 Å². The van der Waals surface area contributed by atoms with Gasteiger partial charge in [0, 0.05) is 6.42 Å². The molecule has 1 fully saturated rings. The maximum atomic E-state index is 5.63. The lowest BCUT2D eigenvalue weighted by atomic mass is 10.1. The molecule has 0 bridgehead atoms. The smallest absolute Gasteiger partial charge is 0.226 e. The third kappa shape index (κ3) is 4.80. The predicted octanol–water partition coefficient (Wildman–Crippen LogP) is 3.55. The molecule has 3 aromatic rings. The maximum absolute atomic E-state index is 5.63. The van der Waals surface area contributed by atoms with Crippen LogP contribution in [0, 0.1) is 0 Å². The van der Waals surface area contributed by atoms with Crippen LogP contribution in [0.2, 0.25) is 0 Å². The lowest BCUT2D eigenvalue weighted by molar-refractivity contribution is 0.213. The number of benzene rings is 1. The van der Waals surface area contributed by atoms with E-state index in [0.717, 1.165) is 43.6 Å². The highest BCUT2D eigenvalue weighted by Gasteiger charge is 2.18. The summed E-state index contributed by atoms with van der Waals surface area (Å²) in [5.41, 5.74) is 1.25. The number of aryl methyl sites for hydroxylation is 1. The van der Waals surface area contributed by atoms with E-state index in [-0.39, 0.29) is 0 Å². The second-order valence-corrected chi connectivity index (χ2v) is 7.98. The van der Waals surface area contributed by atoms with E-state index in [1.54, 1.807) is 11.8 Å². The molecule has 3 heterocycles. The molecular formula is C20H26N6OS. The molecule has 4 rings (SSSR count). The molecule has 0 spiro atoms. The van der Waals surface area contributed by atoms with Gasteiger partial charge in [0.1, 0.15) is 5.82 Å². The number of hydrogen-bond acceptors (Lipinski definition) is 7. The molecule has 1 aliphatic rings. The topological polar surface area (TPSA) is 72.9 Å². The summed E-state index contributed by atoms with van der Waals surface area (Å²) in [6, 6.07) is 10.5. The first-order valence-corrected chi connectivity index (χ1v) is 10.9. The summed E-state index contributed by atoms with van der Waals surface area (Å²) in [7, 11) is 0. The van der Waals surface area contributed by atoms with Gasteiger partial charge < -0.3 is 8.98 Å². The molecule has 0 atom stereocenters. The molecule has 1 saturated heterocycles.